The first-order chi connectivity index (χ1) is 6.90. The number of carbonyl (C=O) groups excluding carboxylic acids is 1. The molecular weight excluding hydrogens is 445 g/mol. The van der Waals surface area contributed by atoms with Crippen LogP contribution in [0.3, 0.4) is 0 Å². The first kappa shape index (κ1) is 12.3. The monoisotopic (exact) mass is 462 g/mol. The van der Waals surface area contributed by atoms with Crippen LogP contribution in [-0.2, 0) is 31.7 Å². The number of halogens is 1. The Bertz CT molecular complexity index is 292. The Hall–Kier alpha value is 0.885. The van der Waals surface area contributed by atoms with E-state index in [4.69, 9.17) is 4.74 Å². The van der Waals surface area contributed by atoms with Gasteiger partial charge in [-0.15, -0.1) is 0 Å². The molecule has 0 amide bonds. The predicted molar refractivity (Wildman–Crippen MR) is 58.3 cm³/mol. The summed E-state index contributed by atoms with van der Waals surface area (Å²) in [5, 5.41) is 0. The van der Waals surface area contributed by atoms with Crippen molar-refractivity contribution in [2.45, 2.75) is 49.1 Å². The second-order valence-corrected chi connectivity index (χ2v) is 16.5. The topological polar surface area (TPSA) is 26.3 Å². The maximum atomic E-state index is 11.5. The van der Waals surface area contributed by atoms with Crippen LogP contribution in [0.2, 0.25) is 3.43 Å². The Kier molecular flexibility index (Phi) is 3.27. The van der Waals surface area contributed by atoms with Gasteiger partial charge in [0.15, 0.2) is 0 Å². The first-order valence-corrected chi connectivity index (χ1v) is 20.8. The van der Waals surface area contributed by atoms with Crippen molar-refractivity contribution in [3.05, 3.63) is 0 Å². The Morgan fingerprint density at radius 3 is 2.73 bits per heavy atom. The molecule has 1 aliphatic carbocycles. The van der Waals surface area contributed by atoms with Gasteiger partial charge in [0.25, 0.3) is 0 Å². The van der Waals surface area contributed by atoms with Crippen molar-refractivity contribution in [2.24, 2.45) is 11.3 Å². The van der Waals surface area contributed by atoms with Gasteiger partial charge in [0.05, 0.1) is 0 Å². The van der Waals surface area contributed by atoms with Gasteiger partial charge in [-0.3, -0.25) is 0 Å². The van der Waals surface area contributed by atoms with Crippen LogP contribution < -0.4 is 0 Å². The van der Waals surface area contributed by atoms with Crippen molar-refractivity contribution in [1.29, 1.82) is 0 Å². The van der Waals surface area contributed by atoms with Gasteiger partial charge in [0, 0.05) is 0 Å². The van der Waals surface area contributed by atoms with Gasteiger partial charge < -0.3 is 0 Å². The molecule has 2 aliphatic rings. The minimum atomic E-state index is -0.888. The van der Waals surface area contributed by atoms with Gasteiger partial charge >= 0.3 is 110 Å². The van der Waals surface area contributed by atoms with E-state index >= 15 is 0 Å². The second kappa shape index (κ2) is 3.97. The Morgan fingerprint density at radius 2 is 2.13 bits per heavy atom. The maximum absolute atomic E-state index is 11.5. The standard InChI is InChI=1S/C11H17O2.BrH.Hg/c1-10(2)5-4-6-11(3)8(10)7-9(12)13-11;;/h5,8H,4,6-7H2,1-3H3;1H;/q;;+1/p-1/t8-,11-;;/m0../s1. The van der Waals surface area contributed by atoms with Crippen LogP contribution in [0.15, 0.2) is 0 Å². The fourth-order valence-electron chi connectivity index (χ4n) is 3.42. The third-order valence-electron chi connectivity index (χ3n) is 4.58. The summed E-state index contributed by atoms with van der Waals surface area (Å²) in [5.41, 5.74) is 0.136. The molecule has 3 atom stereocenters. The third-order valence-corrected chi connectivity index (χ3v) is 18.6. The summed E-state index contributed by atoms with van der Waals surface area (Å²) in [6, 6.07) is 0. The molecule has 0 aromatic rings. The number of hydrogen-bond donors (Lipinski definition) is 0. The van der Waals surface area contributed by atoms with Crippen molar-refractivity contribution in [3.63, 3.8) is 0 Å². The molecule has 82 valence electrons. The van der Waals surface area contributed by atoms with E-state index in [0.717, 1.165) is 9.85 Å². The van der Waals surface area contributed by atoms with Crippen LogP contribution in [0.25, 0.3) is 0 Å². The molecule has 0 bridgehead atoms. The molecule has 0 N–H and O–H groups in total. The van der Waals surface area contributed by atoms with Gasteiger partial charge in [-0.2, -0.15) is 0 Å². The number of fused-ring (bicyclic) bond motifs is 1. The average molecular weight is 462 g/mol. The molecule has 0 aromatic heterocycles. The van der Waals surface area contributed by atoms with Crippen molar-refractivity contribution < 1.29 is 31.7 Å². The van der Waals surface area contributed by atoms with E-state index in [-0.39, 0.29) is 11.6 Å². The number of rotatable bonds is 1. The number of hydrogen-bond acceptors (Lipinski definition) is 2. The van der Waals surface area contributed by atoms with E-state index in [2.05, 4.69) is 32.7 Å². The minimum absolute atomic E-state index is 0.0162. The molecule has 2 rings (SSSR count). The van der Waals surface area contributed by atoms with E-state index < -0.39 is 22.1 Å². The van der Waals surface area contributed by atoms with Gasteiger partial charge in [-0.05, 0) is 0 Å². The van der Waals surface area contributed by atoms with Crippen LogP contribution >= 0.6 is 11.9 Å². The van der Waals surface area contributed by atoms with Crippen LogP contribution in [0.4, 0.5) is 0 Å². The number of ether oxygens (including phenoxy) is 1. The molecule has 0 unspecified atom stereocenters. The first-order valence-electron chi connectivity index (χ1n) is 5.68. The summed E-state index contributed by atoms with van der Waals surface area (Å²) < 4.78 is 6.43. The fourth-order valence-corrected chi connectivity index (χ4v) is 17.6. The van der Waals surface area contributed by atoms with Crippen LogP contribution in [0.1, 0.15) is 40.0 Å². The quantitative estimate of drug-likeness (QED) is 0.442. The normalized spacial score (nSPS) is 43.1. The van der Waals surface area contributed by atoms with E-state index in [9.17, 15) is 4.79 Å². The molecule has 1 heterocycles. The summed E-state index contributed by atoms with van der Waals surface area (Å²) in [5.74, 6) is 0.455. The second-order valence-electron chi connectivity index (χ2n) is 5.75. The molecule has 1 aliphatic heterocycles. The van der Waals surface area contributed by atoms with E-state index in [1.807, 2.05) is 0 Å². The zero-order valence-corrected chi connectivity index (χ0v) is 16.8. The fraction of sp³-hybridized carbons (Fsp3) is 0.909. The van der Waals surface area contributed by atoms with Crippen LogP contribution in [0.5, 0.6) is 0 Å². The molecular formula is C11H17BrHgO2. The molecule has 1 saturated carbocycles. The molecule has 0 aromatic carbocycles. The summed E-state index contributed by atoms with van der Waals surface area (Å²) in [7, 11) is 0. The third kappa shape index (κ3) is 1.92. The summed E-state index contributed by atoms with van der Waals surface area (Å²) in [6.07, 6.45) is 2.96. The summed E-state index contributed by atoms with van der Waals surface area (Å²) in [4.78, 5) is 11.5. The van der Waals surface area contributed by atoms with Gasteiger partial charge in [-0.25, -0.2) is 0 Å². The van der Waals surface area contributed by atoms with E-state index in [0.29, 0.717) is 17.8 Å². The Balaban J connectivity index is 2.30. The van der Waals surface area contributed by atoms with E-state index in [1.165, 1.54) is 6.42 Å². The predicted octanol–water partition coefficient (Wildman–Crippen LogP) is 3.31. The summed E-state index contributed by atoms with van der Waals surface area (Å²) in [6.45, 7) is 6.80. The van der Waals surface area contributed by atoms with Gasteiger partial charge in [0.2, 0.25) is 0 Å². The molecule has 1 saturated heterocycles. The number of esters is 1. The molecule has 4 heteroatoms. The molecule has 2 nitrogen and oxygen atoms in total. The molecule has 15 heavy (non-hydrogen) atoms. The van der Waals surface area contributed by atoms with Crippen molar-refractivity contribution in [2.75, 3.05) is 0 Å². The molecule has 0 radical (unpaired) electrons. The van der Waals surface area contributed by atoms with Crippen molar-refractivity contribution >= 4 is 17.9 Å². The van der Waals surface area contributed by atoms with Crippen LogP contribution in [-0.4, -0.2) is 11.6 Å². The van der Waals surface area contributed by atoms with Crippen molar-refractivity contribution in [3.8, 4) is 0 Å². The zero-order valence-electron chi connectivity index (χ0n) is 9.68. The average Bonchev–Trinajstić information content (AvgIpc) is 2.42. The molecule has 0 spiro atoms. The Morgan fingerprint density at radius 1 is 1.47 bits per heavy atom. The van der Waals surface area contributed by atoms with Crippen LogP contribution in [0, 0.1) is 11.3 Å². The zero-order chi connectivity index (χ0) is 11.3. The number of carbonyl (C=O) groups is 1. The van der Waals surface area contributed by atoms with Gasteiger partial charge in [-0.1, -0.05) is 0 Å². The SMILES string of the molecule is CC1(C)[C@@H]([Hg][Br])CC[C@]2(C)OC(=O)C[C@@H]12. The Labute approximate surface area is 109 Å². The van der Waals surface area contributed by atoms with Gasteiger partial charge in [0.1, 0.15) is 0 Å². The van der Waals surface area contributed by atoms with Crippen molar-refractivity contribution in [1.82, 2.24) is 0 Å². The molecule has 2 fully saturated rings. The summed E-state index contributed by atoms with van der Waals surface area (Å²) >= 11 is 2.92. The van der Waals surface area contributed by atoms with E-state index in [1.54, 1.807) is 0 Å².